The number of nitrogens with zero attached hydrogens (tertiary/aromatic N) is 2. The molecule has 19 heavy (non-hydrogen) atoms. The van der Waals surface area contributed by atoms with Crippen molar-refractivity contribution in [1.82, 2.24) is 0 Å². The zero-order chi connectivity index (χ0) is 13.6. The Balaban J connectivity index is 2.27. The number of isocyanates is 2. The molecule has 2 aliphatic carbocycles. The van der Waals surface area contributed by atoms with Crippen molar-refractivity contribution in [3.05, 3.63) is 0 Å². The van der Waals surface area contributed by atoms with Crippen molar-refractivity contribution >= 4 is 12.2 Å². The Labute approximate surface area is 114 Å². The molecule has 0 radical (unpaired) electrons. The average Bonchev–Trinajstić information content (AvgIpc) is 2.47. The molecule has 2 saturated carbocycles. The molecule has 2 rings (SSSR count). The maximum Gasteiger partial charge on any atom is 0.235 e. The van der Waals surface area contributed by atoms with Crippen molar-refractivity contribution in [3.8, 4) is 0 Å². The van der Waals surface area contributed by atoms with Crippen LogP contribution in [0.1, 0.15) is 64.2 Å². The van der Waals surface area contributed by atoms with E-state index in [9.17, 15) is 9.59 Å². The van der Waals surface area contributed by atoms with Crippen molar-refractivity contribution in [3.63, 3.8) is 0 Å². The lowest BCUT2D eigenvalue weighted by Gasteiger charge is -2.41. The van der Waals surface area contributed by atoms with E-state index in [1.165, 1.54) is 25.7 Å². The van der Waals surface area contributed by atoms with Crippen molar-refractivity contribution in [1.29, 1.82) is 0 Å². The van der Waals surface area contributed by atoms with Crippen LogP contribution in [0.25, 0.3) is 0 Å². The van der Waals surface area contributed by atoms with E-state index in [0.717, 1.165) is 38.5 Å². The van der Waals surface area contributed by atoms with Crippen molar-refractivity contribution in [2.45, 2.75) is 75.8 Å². The monoisotopic (exact) mass is 262 g/mol. The maximum absolute atomic E-state index is 10.8. The molecule has 4 nitrogen and oxygen atoms in total. The summed E-state index contributed by atoms with van der Waals surface area (Å²) >= 11 is 0. The van der Waals surface area contributed by atoms with Gasteiger partial charge in [0.25, 0.3) is 0 Å². The molecule has 2 fully saturated rings. The Morgan fingerprint density at radius 3 is 2.11 bits per heavy atom. The fraction of sp³-hybridized carbons (Fsp3) is 0.867. The van der Waals surface area contributed by atoms with Gasteiger partial charge in [-0.1, -0.05) is 38.5 Å². The van der Waals surface area contributed by atoms with Gasteiger partial charge in [-0.15, -0.1) is 0 Å². The first-order valence-corrected chi connectivity index (χ1v) is 7.48. The summed E-state index contributed by atoms with van der Waals surface area (Å²) in [6.45, 7) is 0. The quantitative estimate of drug-likeness (QED) is 0.576. The molecular weight excluding hydrogens is 240 g/mol. The SMILES string of the molecule is O=C=NC(C1CCCCC1)C1(N=C=O)CCCCC1. The van der Waals surface area contributed by atoms with E-state index in [0.29, 0.717) is 5.92 Å². The minimum absolute atomic E-state index is 0.160. The zero-order valence-corrected chi connectivity index (χ0v) is 11.4. The summed E-state index contributed by atoms with van der Waals surface area (Å²) in [5.74, 6) is 0.380. The average molecular weight is 262 g/mol. The second-order valence-corrected chi connectivity index (χ2v) is 5.93. The predicted octanol–water partition coefficient (Wildman–Crippen LogP) is 3.31. The van der Waals surface area contributed by atoms with Crippen molar-refractivity contribution in [2.75, 3.05) is 0 Å². The second kappa shape index (κ2) is 6.79. The first kappa shape index (κ1) is 14.2. The van der Waals surface area contributed by atoms with Gasteiger partial charge in [-0.25, -0.2) is 9.59 Å². The van der Waals surface area contributed by atoms with Gasteiger partial charge in [-0.3, -0.25) is 0 Å². The molecular formula is C15H22N2O2. The molecule has 1 atom stereocenters. The van der Waals surface area contributed by atoms with Crippen LogP contribution >= 0.6 is 0 Å². The lowest BCUT2D eigenvalue weighted by molar-refractivity contribution is 0.173. The number of aliphatic imine (C=N–C) groups is 2. The number of hydrogen-bond donors (Lipinski definition) is 0. The summed E-state index contributed by atoms with van der Waals surface area (Å²) in [6, 6.07) is -0.160. The van der Waals surface area contributed by atoms with E-state index in [1.807, 2.05) is 0 Å². The molecule has 0 aliphatic heterocycles. The van der Waals surface area contributed by atoms with Crippen LogP contribution in [0, 0.1) is 5.92 Å². The second-order valence-electron chi connectivity index (χ2n) is 5.93. The molecule has 2 aliphatic rings. The molecule has 1 unspecified atom stereocenters. The van der Waals surface area contributed by atoms with Crippen LogP contribution in [0.2, 0.25) is 0 Å². The highest BCUT2D eigenvalue weighted by Gasteiger charge is 2.44. The van der Waals surface area contributed by atoms with E-state index in [1.54, 1.807) is 12.2 Å². The van der Waals surface area contributed by atoms with Crippen LogP contribution in [0.15, 0.2) is 9.98 Å². The number of rotatable bonds is 4. The summed E-state index contributed by atoms with van der Waals surface area (Å²) in [5.41, 5.74) is -0.473. The van der Waals surface area contributed by atoms with E-state index < -0.39 is 5.54 Å². The van der Waals surface area contributed by atoms with Gasteiger partial charge < -0.3 is 0 Å². The van der Waals surface area contributed by atoms with Gasteiger partial charge in [0.1, 0.15) is 0 Å². The van der Waals surface area contributed by atoms with Crippen LogP contribution in [-0.2, 0) is 9.59 Å². The highest BCUT2D eigenvalue weighted by Crippen LogP contribution is 2.42. The molecule has 0 heterocycles. The lowest BCUT2D eigenvalue weighted by atomic mass is 9.69. The Kier molecular flexibility index (Phi) is 5.07. The molecule has 104 valence electrons. The third-order valence-electron chi connectivity index (χ3n) is 4.83. The molecule has 0 aromatic carbocycles. The van der Waals surface area contributed by atoms with Gasteiger partial charge in [0.2, 0.25) is 12.2 Å². The fourth-order valence-electron chi connectivity index (χ4n) is 3.90. The largest absolute Gasteiger partial charge is 0.235 e. The summed E-state index contributed by atoms with van der Waals surface area (Å²) < 4.78 is 0. The highest BCUT2D eigenvalue weighted by atomic mass is 16.1. The molecule has 0 saturated heterocycles. The molecule has 0 amide bonds. The van der Waals surface area contributed by atoms with Gasteiger partial charge in [-0.2, -0.15) is 9.98 Å². The Morgan fingerprint density at radius 1 is 0.895 bits per heavy atom. The highest BCUT2D eigenvalue weighted by molar-refractivity contribution is 5.38. The maximum atomic E-state index is 10.8. The van der Waals surface area contributed by atoms with Crippen LogP contribution in [0.3, 0.4) is 0 Å². The van der Waals surface area contributed by atoms with Crippen LogP contribution in [0.4, 0.5) is 0 Å². The third kappa shape index (κ3) is 3.20. The van der Waals surface area contributed by atoms with Gasteiger partial charge in [0.15, 0.2) is 0 Å². The molecule has 4 heteroatoms. The fourth-order valence-corrected chi connectivity index (χ4v) is 3.90. The van der Waals surface area contributed by atoms with Crippen LogP contribution in [0.5, 0.6) is 0 Å². The lowest BCUT2D eigenvalue weighted by Crippen LogP contribution is -2.46. The van der Waals surface area contributed by atoms with E-state index in [-0.39, 0.29) is 6.04 Å². The summed E-state index contributed by atoms with van der Waals surface area (Å²) in [6.07, 6.45) is 14.3. The smallest absolute Gasteiger partial charge is 0.211 e. The van der Waals surface area contributed by atoms with E-state index in [4.69, 9.17) is 0 Å². The van der Waals surface area contributed by atoms with Crippen molar-refractivity contribution < 1.29 is 9.59 Å². The molecule has 0 aromatic heterocycles. The first-order valence-electron chi connectivity index (χ1n) is 7.48. The minimum Gasteiger partial charge on any atom is -0.211 e. The Hall–Kier alpha value is -1.24. The van der Waals surface area contributed by atoms with Crippen molar-refractivity contribution in [2.24, 2.45) is 15.9 Å². The standard InChI is InChI=1S/C15H22N2O2/c18-11-16-14(13-7-3-1-4-8-13)15(17-12-19)9-5-2-6-10-15/h13-14H,1-10H2. The van der Waals surface area contributed by atoms with Gasteiger partial charge >= 0.3 is 0 Å². The van der Waals surface area contributed by atoms with Crippen LogP contribution < -0.4 is 0 Å². The predicted molar refractivity (Wildman–Crippen MR) is 72.4 cm³/mol. The summed E-state index contributed by atoms with van der Waals surface area (Å²) in [5, 5.41) is 0. The number of hydrogen-bond acceptors (Lipinski definition) is 4. The topological polar surface area (TPSA) is 58.9 Å². The van der Waals surface area contributed by atoms with E-state index in [2.05, 4.69) is 9.98 Å². The number of carbonyl (C=O) groups excluding carboxylic acids is 2. The van der Waals surface area contributed by atoms with Crippen LogP contribution in [-0.4, -0.2) is 23.7 Å². The van der Waals surface area contributed by atoms with Gasteiger partial charge in [0.05, 0.1) is 11.6 Å². The summed E-state index contributed by atoms with van der Waals surface area (Å²) in [4.78, 5) is 29.9. The Morgan fingerprint density at radius 2 is 1.53 bits per heavy atom. The first-order chi connectivity index (χ1) is 9.32. The van der Waals surface area contributed by atoms with Gasteiger partial charge in [-0.05, 0) is 31.6 Å². The Bertz CT molecular complexity index is 383. The minimum atomic E-state index is -0.473. The third-order valence-corrected chi connectivity index (χ3v) is 4.83. The zero-order valence-electron chi connectivity index (χ0n) is 11.4. The molecule has 0 spiro atoms. The van der Waals surface area contributed by atoms with E-state index >= 15 is 0 Å². The summed E-state index contributed by atoms with van der Waals surface area (Å²) in [7, 11) is 0. The molecule has 0 bridgehead atoms. The molecule has 0 N–H and O–H groups in total. The molecule has 0 aromatic rings. The van der Waals surface area contributed by atoms with Gasteiger partial charge in [0, 0.05) is 0 Å². The normalized spacial score (nSPS) is 24.8.